The fourth-order valence-corrected chi connectivity index (χ4v) is 0.935. The highest BCUT2D eigenvalue weighted by Crippen LogP contribution is 2.02. The molecule has 66 valence electrons. The smallest absolute Gasteiger partial charge is 0.124 e. The minimum absolute atomic E-state index is 0.521. The van der Waals surface area contributed by atoms with Gasteiger partial charge in [-0.05, 0) is 6.42 Å². The number of carbonyl (C=O) groups is 1. The predicted molar refractivity (Wildman–Crippen MR) is 40.4 cm³/mol. The van der Waals surface area contributed by atoms with E-state index in [1.807, 2.05) is 0 Å². The Morgan fingerprint density at radius 2 is 2.09 bits per heavy atom. The van der Waals surface area contributed by atoms with E-state index in [0.29, 0.717) is 6.42 Å². The summed E-state index contributed by atoms with van der Waals surface area (Å²) in [5.74, 6) is -1.03. The lowest BCUT2D eigenvalue weighted by atomic mass is 10.1. The molecule has 0 aliphatic rings. The molecule has 0 saturated heterocycles. The van der Waals surface area contributed by atoms with Crippen molar-refractivity contribution in [1.82, 2.24) is 0 Å². The van der Waals surface area contributed by atoms with Gasteiger partial charge in [0.25, 0.3) is 0 Å². The molecule has 0 aliphatic carbocycles. The van der Waals surface area contributed by atoms with Gasteiger partial charge in [-0.3, -0.25) is 0 Å². The zero-order valence-electron chi connectivity index (χ0n) is 7.14. The van der Waals surface area contributed by atoms with Crippen LogP contribution in [0.15, 0.2) is 0 Å². The summed E-state index contributed by atoms with van der Waals surface area (Å²) in [7, 11) is 0. The summed E-state index contributed by atoms with van der Waals surface area (Å²) >= 11 is 0. The van der Waals surface area contributed by atoms with Gasteiger partial charge in [-0.2, -0.15) is 0 Å². The predicted octanol–water partition coefficient (Wildman–Crippen LogP) is -0.683. The minimum atomic E-state index is -1.03. The van der Waals surface area contributed by atoms with Gasteiger partial charge in [-0.15, -0.1) is 0 Å². The van der Waals surface area contributed by atoms with E-state index >= 15 is 0 Å². The summed E-state index contributed by atoms with van der Waals surface area (Å²) in [5, 5.41) is 10.2. The van der Waals surface area contributed by atoms with Gasteiger partial charge in [-0.1, -0.05) is 26.2 Å². The second kappa shape index (κ2) is 6.16. The molecule has 3 heteroatoms. The van der Waals surface area contributed by atoms with Gasteiger partial charge >= 0.3 is 0 Å². The van der Waals surface area contributed by atoms with Gasteiger partial charge in [0.2, 0.25) is 0 Å². The Morgan fingerprint density at radius 3 is 2.55 bits per heavy atom. The van der Waals surface area contributed by atoms with Crippen LogP contribution in [-0.2, 0) is 4.79 Å². The zero-order chi connectivity index (χ0) is 8.69. The Balaban J connectivity index is 3.17. The molecular weight excluding hydrogens is 142 g/mol. The lowest BCUT2D eigenvalue weighted by Crippen LogP contribution is -2.68. The van der Waals surface area contributed by atoms with Crippen molar-refractivity contribution in [2.24, 2.45) is 0 Å². The molecule has 0 amide bonds. The molecule has 3 nitrogen and oxygen atoms in total. The molecular formula is C8H17NO2. The van der Waals surface area contributed by atoms with Crippen LogP contribution in [0.5, 0.6) is 0 Å². The molecule has 0 saturated carbocycles. The third kappa shape index (κ3) is 5.85. The highest BCUT2D eigenvalue weighted by molar-refractivity contribution is 5.68. The van der Waals surface area contributed by atoms with Gasteiger partial charge in [0.1, 0.15) is 6.04 Å². The van der Waals surface area contributed by atoms with Crippen LogP contribution in [0.1, 0.15) is 39.0 Å². The molecule has 11 heavy (non-hydrogen) atoms. The first kappa shape index (κ1) is 10.4. The van der Waals surface area contributed by atoms with Crippen molar-refractivity contribution in [2.75, 3.05) is 0 Å². The van der Waals surface area contributed by atoms with E-state index in [9.17, 15) is 9.90 Å². The minimum Gasteiger partial charge on any atom is -0.544 e. The van der Waals surface area contributed by atoms with E-state index < -0.39 is 12.0 Å². The molecule has 0 unspecified atom stereocenters. The fourth-order valence-electron chi connectivity index (χ4n) is 0.935. The highest BCUT2D eigenvalue weighted by Gasteiger charge is 2.05. The third-order valence-electron chi connectivity index (χ3n) is 1.74. The van der Waals surface area contributed by atoms with Gasteiger partial charge in [0, 0.05) is 6.42 Å². The molecule has 0 radical (unpaired) electrons. The van der Waals surface area contributed by atoms with Gasteiger partial charge < -0.3 is 15.6 Å². The Hall–Kier alpha value is -0.570. The van der Waals surface area contributed by atoms with Crippen molar-refractivity contribution < 1.29 is 15.6 Å². The molecule has 0 heterocycles. The van der Waals surface area contributed by atoms with Crippen LogP contribution >= 0.6 is 0 Å². The van der Waals surface area contributed by atoms with E-state index in [0.717, 1.165) is 12.8 Å². The van der Waals surface area contributed by atoms with Gasteiger partial charge in [0.05, 0.1) is 5.97 Å². The van der Waals surface area contributed by atoms with Crippen molar-refractivity contribution in [3.8, 4) is 0 Å². The largest absolute Gasteiger partial charge is 0.544 e. The second-order valence-corrected chi connectivity index (χ2v) is 2.87. The number of carboxylic acids is 1. The summed E-state index contributed by atoms with van der Waals surface area (Å²) in [6.07, 6.45) is 5.07. The topological polar surface area (TPSA) is 67.8 Å². The van der Waals surface area contributed by atoms with E-state index in [-0.39, 0.29) is 0 Å². The SMILES string of the molecule is CCCCCC[C@H]([NH3+])C(=O)[O-]. The first-order chi connectivity index (χ1) is 5.18. The highest BCUT2D eigenvalue weighted by atomic mass is 16.4. The first-order valence-corrected chi connectivity index (χ1v) is 4.22. The average molecular weight is 159 g/mol. The van der Waals surface area contributed by atoms with Crippen LogP contribution in [-0.4, -0.2) is 12.0 Å². The van der Waals surface area contributed by atoms with Crippen LogP contribution < -0.4 is 10.8 Å². The fraction of sp³-hybridized carbons (Fsp3) is 0.875. The maximum atomic E-state index is 10.2. The number of carbonyl (C=O) groups excluding carboxylic acids is 1. The first-order valence-electron chi connectivity index (χ1n) is 4.22. The molecule has 0 aromatic heterocycles. The van der Waals surface area contributed by atoms with Gasteiger partial charge in [-0.25, -0.2) is 0 Å². The Morgan fingerprint density at radius 1 is 1.45 bits per heavy atom. The number of hydrogen-bond donors (Lipinski definition) is 1. The summed E-state index contributed by atoms with van der Waals surface area (Å²) in [4.78, 5) is 10.2. The van der Waals surface area contributed by atoms with Crippen molar-refractivity contribution in [1.29, 1.82) is 0 Å². The standard InChI is InChI=1S/C8H17NO2/c1-2-3-4-5-6-7(9)8(10)11/h7H,2-6,9H2,1H3,(H,10,11)/t7-/m0/s1. The second-order valence-electron chi connectivity index (χ2n) is 2.87. The quantitative estimate of drug-likeness (QED) is 0.522. The summed E-state index contributed by atoms with van der Waals surface area (Å²) in [6, 6.07) is -0.521. The Bertz CT molecular complexity index is 115. The molecule has 0 rings (SSSR count). The molecule has 0 aliphatic heterocycles. The van der Waals surface area contributed by atoms with Crippen molar-refractivity contribution in [2.45, 2.75) is 45.1 Å². The molecule has 0 spiro atoms. The molecule has 0 aromatic carbocycles. The Labute approximate surface area is 67.6 Å². The third-order valence-corrected chi connectivity index (χ3v) is 1.74. The van der Waals surface area contributed by atoms with E-state index in [2.05, 4.69) is 12.7 Å². The van der Waals surface area contributed by atoms with Crippen LogP contribution in [0.25, 0.3) is 0 Å². The summed E-state index contributed by atoms with van der Waals surface area (Å²) < 4.78 is 0. The summed E-state index contributed by atoms with van der Waals surface area (Å²) in [6.45, 7) is 2.13. The normalized spacial score (nSPS) is 12.9. The number of hydrogen-bond acceptors (Lipinski definition) is 2. The van der Waals surface area contributed by atoms with E-state index in [1.165, 1.54) is 12.8 Å². The maximum absolute atomic E-state index is 10.2. The average Bonchev–Trinajstić information content (AvgIpc) is 1.97. The maximum Gasteiger partial charge on any atom is 0.124 e. The molecule has 3 N–H and O–H groups in total. The van der Waals surface area contributed by atoms with Crippen molar-refractivity contribution in [3.05, 3.63) is 0 Å². The molecule has 1 atom stereocenters. The van der Waals surface area contributed by atoms with Crippen LogP contribution in [0.3, 0.4) is 0 Å². The van der Waals surface area contributed by atoms with Crippen molar-refractivity contribution >= 4 is 5.97 Å². The number of aliphatic carboxylic acids is 1. The van der Waals surface area contributed by atoms with Crippen LogP contribution in [0.4, 0.5) is 0 Å². The molecule has 0 aromatic rings. The van der Waals surface area contributed by atoms with Gasteiger partial charge in [0.15, 0.2) is 0 Å². The van der Waals surface area contributed by atoms with E-state index in [1.54, 1.807) is 0 Å². The van der Waals surface area contributed by atoms with Crippen LogP contribution in [0.2, 0.25) is 0 Å². The zero-order valence-corrected chi connectivity index (χ0v) is 7.14. The molecule has 0 bridgehead atoms. The number of unbranched alkanes of at least 4 members (excludes halogenated alkanes) is 3. The number of quaternary nitrogens is 1. The Kier molecular flexibility index (Phi) is 5.84. The lowest BCUT2D eigenvalue weighted by molar-refractivity contribution is -0.438. The lowest BCUT2D eigenvalue weighted by Gasteiger charge is -2.07. The van der Waals surface area contributed by atoms with E-state index in [4.69, 9.17) is 0 Å². The summed E-state index contributed by atoms with van der Waals surface area (Å²) in [5.41, 5.74) is 3.47. The number of carboxylic acid groups (broad SMARTS) is 1. The van der Waals surface area contributed by atoms with Crippen LogP contribution in [0, 0.1) is 0 Å². The monoisotopic (exact) mass is 159 g/mol. The number of rotatable bonds is 6. The molecule has 0 fully saturated rings. The van der Waals surface area contributed by atoms with Crippen molar-refractivity contribution in [3.63, 3.8) is 0 Å².